The summed E-state index contributed by atoms with van der Waals surface area (Å²) in [6.45, 7) is 3.33. The van der Waals surface area contributed by atoms with Crippen LogP contribution in [0.1, 0.15) is 18.6 Å². The third-order valence-electron chi connectivity index (χ3n) is 3.95. The molecular weight excluding hydrogens is 309 g/mol. The summed E-state index contributed by atoms with van der Waals surface area (Å²) in [6, 6.07) is 14.7. The van der Waals surface area contributed by atoms with E-state index in [0.717, 1.165) is 28.8 Å². The first-order valence-corrected chi connectivity index (χ1v) is 7.28. The zero-order valence-corrected chi connectivity index (χ0v) is 12.8. The summed E-state index contributed by atoms with van der Waals surface area (Å²) in [6.07, 6.45) is 0. The molecule has 3 rings (SSSR count). The van der Waals surface area contributed by atoms with Crippen molar-refractivity contribution in [1.29, 1.82) is 0 Å². The van der Waals surface area contributed by atoms with Crippen molar-refractivity contribution >= 4 is 0 Å². The molecular formula is C21H19F3. The molecule has 0 fully saturated rings. The topological polar surface area (TPSA) is 0 Å². The molecule has 0 amide bonds. The molecule has 3 aromatic carbocycles. The van der Waals surface area contributed by atoms with E-state index in [1.165, 1.54) is 13.0 Å². The maximum atomic E-state index is 14.4. The van der Waals surface area contributed by atoms with Gasteiger partial charge in [0.15, 0.2) is 0 Å². The van der Waals surface area contributed by atoms with Gasteiger partial charge in [0.05, 0.1) is 0 Å². The molecule has 0 saturated heterocycles. The smallest absolute Gasteiger partial charge is 0.131 e. The van der Waals surface area contributed by atoms with Crippen molar-refractivity contribution in [2.75, 3.05) is 0 Å². The van der Waals surface area contributed by atoms with Crippen LogP contribution in [0.25, 0.3) is 22.3 Å². The van der Waals surface area contributed by atoms with Crippen LogP contribution in [0.3, 0.4) is 0 Å². The largest absolute Gasteiger partial charge is 0.207 e. The Hall–Kier alpha value is -2.55. The van der Waals surface area contributed by atoms with Gasteiger partial charge in [-0.3, -0.25) is 0 Å². The lowest BCUT2D eigenvalue weighted by Gasteiger charge is -2.09. The third kappa shape index (κ3) is 3.35. The fourth-order valence-electron chi connectivity index (χ4n) is 2.48. The SMILES string of the molecule is C.Cc1ccc(-c2ccc(-c3cc(F)c(C)c(F)c3)c(F)c2)cc1. The molecule has 0 nitrogen and oxygen atoms in total. The van der Waals surface area contributed by atoms with Crippen LogP contribution in [0.15, 0.2) is 54.6 Å². The van der Waals surface area contributed by atoms with E-state index in [2.05, 4.69) is 0 Å². The second kappa shape index (κ2) is 6.91. The van der Waals surface area contributed by atoms with E-state index in [1.54, 1.807) is 12.1 Å². The van der Waals surface area contributed by atoms with E-state index >= 15 is 0 Å². The molecule has 0 bridgehead atoms. The lowest BCUT2D eigenvalue weighted by atomic mass is 9.98. The third-order valence-corrected chi connectivity index (χ3v) is 3.95. The summed E-state index contributed by atoms with van der Waals surface area (Å²) in [5, 5.41) is 0. The highest BCUT2D eigenvalue weighted by Gasteiger charge is 2.12. The number of hydrogen-bond donors (Lipinski definition) is 0. The molecule has 0 N–H and O–H groups in total. The van der Waals surface area contributed by atoms with E-state index in [9.17, 15) is 13.2 Å². The van der Waals surface area contributed by atoms with E-state index in [0.29, 0.717) is 0 Å². The standard InChI is InChI=1S/C20H15F3.CH4/c1-12-3-5-14(6-4-12)15-7-8-17(20(23)9-15)16-10-18(21)13(2)19(22)11-16;/h3-11H,1-2H3;1H4. The summed E-state index contributed by atoms with van der Waals surface area (Å²) in [5.41, 5.74) is 3.04. The van der Waals surface area contributed by atoms with E-state index in [-0.39, 0.29) is 24.1 Å². The van der Waals surface area contributed by atoms with Gasteiger partial charge in [-0.15, -0.1) is 0 Å². The minimum absolute atomic E-state index is 0. The van der Waals surface area contributed by atoms with Crippen LogP contribution in [-0.4, -0.2) is 0 Å². The minimum Gasteiger partial charge on any atom is -0.207 e. The highest BCUT2D eigenvalue weighted by molar-refractivity contribution is 5.71. The van der Waals surface area contributed by atoms with Crippen LogP contribution in [0.4, 0.5) is 13.2 Å². The van der Waals surface area contributed by atoms with Gasteiger partial charge in [0, 0.05) is 11.1 Å². The molecule has 0 aromatic heterocycles. The summed E-state index contributed by atoms with van der Waals surface area (Å²) >= 11 is 0. The van der Waals surface area contributed by atoms with E-state index in [4.69, 9.17) is 0 Å². The van der Waals surface area contributed by atoms with Crippen molar-refractivity contribution in [3.8, 4) is 22.3 Å². The normalized spacial score (nSPS) is 10.4. The molecule has 24 heavy (non-hydrogen) atoms. The Kier molecular flexibility index (Phi) is 5.13. The van der Waals surface area contributed by atoms with E-state index in [1.807, 2.05) is 31.2 Å². The Balaban J connectivity index is 0.00000208. The lowest BCUT2D eigenvalue weighted by Crippen LogP contribution is -1.93. The van der Waals surface area contributed by atoms with Gasteiger partial charge in [-0.25, -0.2) is 13.2 Å². The first-order chi connectivity index (χ1) is 11.0. The van der Waals surface area contributed by atoms with Gasteiger partial charge in [0.2, 0.25) is 0 Å². The van der Waals surface area contributed by atoms with Gasteiger partial charge >= 0.3 is 0 Å². The maximum Gasteiger partial charge on any atom is 0.131 e. The molecule has 0 atom stereocenters. The van der Waals surface area contributed by atoms with Crippen molar-refractivity contribution in [2.45, 2.75) is 21.3 Å². The molecule has 0 aliphatic rings. The monoisotopic (exact) mass is 328 g/mol. The van der Waals surface area contributed by atoms with Crippen LogP contribution in [0.2, 0.25) is 0 Å². The van der Waals surface area contributed by atoms with Crippen LogP contribution < -0.4 is 0 Å². The molecule has 0 aliphatic carbocycles. The second-order valence-electron chi connectivity index (χ2n) is 5.63. The number of rotatable bonds is 2. The lowest BCUT2D eigenvalue weighted by molar-refractivity contribution is 0.568. The Morgan fingerprint density at radius 2 is 1.08 bits per heavy atom. The summed E-state index contributed by atoms with van der Waals surface area (Å²) in [4.78, 5) is 0. The summed E-state index contributed by atoms with van der Waals surface area (Å²) in [5.74, 6) is -1.87. The number of aryl methyl sites for hydroxylation is 1. The van der Waals surface area contributed by atoms with Crippen LogP contribution in [0, 0.1) is 31.3 Å². The predicted octanol–water partition coefficient (Wildman–Crippen LogP) is 6.69. The van der Waals surface area contributed by atoms with E-state index < -0.39 is 17.5 Å². The van der Waals surface area contributed by atoms with Crippen molar-refractivity contribution in [3.63, 3.8) is 0 Å². The fourth-order valence-corrected chi connectivity index (χ4v) is 2.48. The second-order valence-corrected chi connectivity index (χ2v) is 5.63. The first kappa shape index (κ1) is 17.8. The van der Waals surface area contributed by atoms with Gasteiger partial charge in [0.25, 0.3) is 0 Å². The van der Waals surface area contributed by atoms with Gasteiger partial charge in [-0.2, -0.15) is 0 Å². The van der Waals surface area contributed by atoms with Crippen molar-refractivity contribution < 1.29 is 13.2 Å². The molecule has 124 valence electrons. The summed E-state index contributed by atoms with van der Waals surface area (Å²) < 4.78 is 41.8. The fraction of sp³-hybridized carbons (Fsp3) is 0.143. The molecule has 0 radical (unpaired) electrons. The quantitative estimate of drug-likeness (QED) is 0.491. The van der Waals surface area contributed by atoms with Crippen LogP contribution in [0.5, 0.6) is 0 Å². The zero-order chi connectivity index (χ0) is 16.6. The van der Waals surface area contributed by atoms with Crippen molar-refractivity contribution in [3.05, 3.63) is 83.2 Å². The first-order valence-electron chi connectivity index (χ1n) is 7.28. The van der Waals surface area contributed by atoms with Gasteiger partial charge in [0.1, 0.15) is 17.5 Å². The predicted molar refractivity (Wildman–Crippen MR) is 93.4 cm³/mol. The van der Waals surface area contributed by atoms with Gasteiger partial charge < -0.3 is 0 Å². The number of benzene rings is 3. The molecule has 0 heterocycles. The van der Waals surface area contributed by atoms with Crippen LogP contribution >= 0.6 is 0 Å². The Morgan fingerprint density at radius 1 is 0.583 bits per heavy atom. The summed E-state index contributed by atoms with van der Waals surface area (Å²) in [7, 11) is 0. The number of hydrogen-bond acceptors (Lipinski definition) is 0. The van der Waals surface area contributed by atoms with Gasteiger partial charge in [-0.05, 0) is 48.7 Å². The maximum absolute atomic E-state index is 14.4. The molecule has 0 aliphatic heterocycles. The van der Waals surface area contributed by atoms with Crippen molar-refractivity contribution in [2.24, 2.45) is 0 Å². The minimum atomic E-state index is -0.679. The van der Waals surface area contributed by atoms with Crippen molar-refractivity contribution in [1.82, 2.24) is 0 Å². The zero-order valence-electron chi connectivity index (χ0n) is 12.8. The van der Waals surface area contributed by atoms with Gasteiger partial charge in [-0.1, -0.05) is 49.4 Å². The Morgan fingerprint density at radius 3 is 1.62 bits per heavy atom. The van der Waals surface area contributed by atoms with Crippen LogP contribution in [-0.2, 0) is 0 Å². The molecule has 0 spiro atoms. The Bertz CT molecular complexity index is 842. The highest BCUT2D eigenvalue weighted by atomic mass is 19.1. The molecule has 0 saturated carbocycles. The highest BCUT2D eigenvalue weighted by Crippen LogP contribution is 2.30. The number of halogens is 3. The molecule has 3 heteroatoms. The average Bonchev–Trinajstić information content (AvgIpc) is 2.53. The molecule has 0 unspecified atom stereocenters. The average molecular weight is 328 g/mol. The Labute approximate surface area is 140 Å². The molecule has 3 aromatic rings.